The Hall–Kier alpha value is -0.760. The van der Waals surface area contributed by atoms with Gasteiger partial charge in [0, 0.05) is 5.02 Å². The molecule has 4 nitrogen and oxygen atoms in total. The van der Waals surface area contributed by atoms with Crippen LogP contribution in [-0.4, -0.2) is 19.7 Å². The lowest BCUT2D eigenvalue weighted by Crippen LogP contribution is -2.14. The third-order valence-electron chi connectivity index (χ3n) is 2.67. The molecule has 0 amide bonds. The summed E-state index contributed by atoms with van der Waals surface area (Å²) in [5.74, 6) is 0. The molecule has 1 aromatic carbocycles. The molecule has 1 N–H and O–H groups in total. The van der Waals surface area contributed by atoms with Crippen molar-refractivity contribution in [1.29, 1.82) is 0 Å². The van der Waals surface area contributed by atoms with Crippen molar-refractivity contribution >= 4 is 49.9 Å². The molecule has 0 aliphatic rings. The Labute approximate surface area is 131 Å². The molecular formula is C12H13ClN2O2S3. The van der Waals surface area contributed by atoms with Crippen molar-refractivity contribution in [3.8, 4) is 0 Å². The Morgan fingerprint density at radius 1 is 1.35 bits per heavy atom. The van der Waals surface area contributed by atoms with Crippen molar-refractivity contribution in [2.24, 2.45) is 0 Å². The molecule has 1 heterocycles. The Morgan fingerprint density at radius 3 is 2.65 bits per heavy atom. The van der Waals surface area contributed by atoms with Crippen molar-refractivity contribution in [3.05, 3.63) is 34.5 Å². The monoisotopic (exact) mass is 348 g/mol. The van der Waals surface area contributed by atoms with Gasteiger partial charge in [-0.25, -0.2) is 13.4 Å². The van der Waals surface area contributed by atoms with Crippen LogP contribution in [0.1, 0.15) is 11.3 Å². The maximum Gasteiger partial charge on any atom is 0.263 e. The Bertz CT molecular complexity index is 741. The zero-order valence-electron chi connectivity index (χ0n) is 11.1. The van der Waals surface area contributed by atoms with Gasteiger partial charge in [-0.2, -0.15) is 0 Å². The van der Waals surface area contributed by atoms with Crippen molar-refractivity contribution in [2.75, 3.05) is 11.0 Å². The van der Waals surface area contributed by atoms with Crippen LogP contribution in [0.5, 0.6) is 0 Å². The van der Waals surface area contributed by atoms with Crippen LogP contribution in [0.15, 0.2) is 27.3 Å². The lowest BCUT2D eigenvalue weighted by Gasteiger charge is -2.09. The predicted molar refractivity (Wildman–Crippen MR) is 85.6 cm³/mol. The van der Waals surface area contributed by atoms with Gasteiger partial charge in [0.2, 0.25) is 0 Å². The molecule has 108 valence electrons. The highest BCUT2D eigenvalue weighted by Crippen LogP contribution is 2.32. The van der Waals surface area contributed by atoms with Gasteiger partial charge >= 0.3 is 0 Å². The number of aryl methyl sites for hydroxylation is 1. The number of hydrogen-bond donors (Lipinski definition) is 1. The number of benzene rings is 1. The van der Waals surface area contributed by atoms with Gasteiger partial charge in [0.05, 0.1) is 14.8 Å². The third-order valence-corrected chi connectivity index (χ3v) is 6.97. The maximum absolute atomic E-state index is 12.4. The molecule has 1 aromatic heterocycles. The number of sulfonamides is 1. The van der Waals surface area contributed by atoms with E-state index in [2.05, 4.69) is 9.71 Å². The van der Waals surface area contributed by atoms with Gasteiger partial charge in [-0.05, 0) is 37.8 Å². The van der Waals surface area contributed by atoms with Gasteiger partial charge in [-0.3, -0.25) is 4.72 Å². The molecule has 0 spiro atoms. The zero-order valence-corrected chi connectivity index (χ0v) is 14.3. The first-order valence-corrected chi connectivity index (χ1v) is 9.54. The summed E-state index contributed by atoms with van der Waals surface area (Å²) < 4.78 is 28.2. The minimum absolute atomic E-state index is 0.170. The molecule has 0 aliphatic carbocycles. The second kappa shape index (κ2) is 5.93. The van der Waals surface area contributed by atoms with E-state index in [1.54, 1.807) is 30.8 Å². The third kappa shape index (κ3) is 3.11. The van der Waals surface area contributed by atoms with Crippen molar-refractivity contribution in [1.82, 2.24) is 4.98 Å². The largest absolute Gasteiger partial charge is 0.263 e. The van der Waals surface area contributed by atoms with Crippen LogP contribution >= 0.6 is 34.7 Å². The van der Waals surface area contributed by atoms with E-state index in [1.807, 2.05) is 13.2 Å². The van der Waals surface area contributed by atoms with Crippen molar-refractivity contribution in [3.63, 3.8) is 0 Å². The average molecular weight is 349 g/mol. The van der Waals surface area contributed by atoms with E-state index < -0.39 is 10.0 Å². The Kier molecular flexibility index (Phi) is 4.63. The fourth-order valence-electron chi connectivity index (χ4n) is 1.66. The van der Waals surface area contributed by atoms with Gasteiger partial charge < -0.3 is 0 Å². The van der Waals surface area contributed by atoms with E-state index in [4.69, 9.17) is 11.6 Å². The first-order chi connectivity index (χ1) is 9.35. The summed E-state index contributed by atoms with van der Waals surface area (Å²) in [6.45, 7) is 3.53. The predicted octanol–water partition coefficient (Wildman–Crippen LogP) is 3.94. The number of nitrogens with zero attached hydrogens (tertiary/aromatic N) is 1. The van der Waals surface area contributed by atoms with Crippen molar-refractivity contribution in [2.45, 2.75) is 23.0 Å². The van der Waals surface area contributed by atoms with E-state index >= 15 is 0 Å². The number of halogens is 1. The molecule has 0 saturated heterocycles. The Balaban J connectivity index is 2.38. The lowest BCUT2D eigenvalue weighted by molar-refractivity contribution is 0.600. The zero-order chi connectivity index (χ0) is 14.9. The number of anilines is 1. The minimum atomic E-state index is -3.67. The quantitative estimate of drug-likeness (QED) is 0.850. The average Bonchev–Trinajstić information content (AvgIpc) is 2.71. The fourth-order valence-corrected chi connectivity index (χ4v) is 5.01. The normalized spacial score (nSPS) is 11.6. The van der Waals surface area contributed by atoms with E-state index in [-0.39, 0.29) is 4.90 Å². The Morgan fingerprint density at radius 2 is 2.05 bits per heavy atom. The first kappa shape index (κ1) is 15.6. The maximum atomic E-state index is 12.4. The molecule has 0 atom stereocenters. The number of rotatable bonds is 4. The van der Waals surface area contributed by atoms with Crippen LogP contribution < -0.4 is 4.72 Å². The molecule has 0 aliphatic heterocycles. The highest BCUT2D eigenvalue weighted by atomic mass is 35.5. The summed E-state index contributed by atoms with van der Waals surface area (Å²) in [7, 11) is -3.67. The molecule has 0 unspecified atom stereocenters. The molecule has 0 saturated carbocycles. The number of thioether (sulfide) groups is 1. The summed E-state index contributed by atoms with van der Waals surface area (Å²) in [5.41, 5.74) is 1.35. The first-order valence-electron chi connectivity index (χ1n) is 5.64. The summed E-state index contributed by atoms with van der Waals surface area (Å²) >= 11 is 8.83. The molecule has 20 heavy (non-hydrogen) atoms. The van der Waals surface area contributed by atoms with E-state index in [0.717, 1.165) is 9.90 Å². The highest BCUT2D eigenvalue weighted by Gasteiger charge is 2.20. The van der Waals surface area contributed by atoms with Crippen LogP contribution in [-0.2, 0) is 10.0 Å². The number of thiazole rings is 1. The second-order valence-electron chi connectivity index (χ2n) is 4.06. The van der Waals surface area contributed by atoms with Crippen molar-refractivity contribution < 1.29 is 8.42 Å². The van der Waals surface area contributed by atoms with E-state index in [1.165, 1.54) is 17.4 Å². The lowest BCUT2D eigenvalue weighted by atomic mass is 10.2. The van der Waals surface area contributed by atoms with Gasteiger partial charge in [0.15, 0.2) is 5.13 Å². The van der Waals surface area contributed by atoms with Gasteiger partial charge in [-0.15, -0.1) is 11.8 Å². The molecule has 2 rings (SSSR count). The summed E-state index contributed by atoms with van der Waals surface area (Å²) in [6, 6.07) is 4.80. The molecular weight excluding hydrogens is 336 g/mol. The summed E-state index contributed by atoms with van der Waals surface area (Å²) in [4.78, 5) is 4.39. The topological polar surface area (TPSA) is 59.1 Å². The number of nitrogens with one attached hydrogen (secondary N) is 1. The standard InChI is InChI=1S/C12H13ClN2O2S3/c1-7-9(13)5-4-6-10(7)20(16,17)15-12-14-8(2)11(18-3)19-12/h4-6H,1-3H3,(H,14,15). The number of hydrogen-bond acceptors (Lipinski definition) is 5. The molecule has 8 heteroatoms. The van der Waals surface area contributed by atoms with E-state index in [9.17, 15) is 8.42 Å². The van der Waals surface area contributed by atoms with Gasteiger partial charge in [-0.1, -0.05) is 29.0 Å². The highest BCUT2D eigenvalue weighted by molar-refractivity contribution is 8.00. The number of aromatic nitrogens is 1. The molecule has 0 radical (unpaired) electrons. The van der Waals surface area contributed by atoms with Crippen LogP contribution in [0, 0.1) is 13.8 Å². The van der Waals surface area contributed by atoms with E-state index in [0.29, 0.717) is 15.7 Å². The molecule has 0 bridgehead atoms. The SMILES string of the molecule is CSc1sc(NS(=O)(=O)c2cccc(Cl)c2C)nc1C. The van der Waals surface area contributed by atoms with Crippen LogP contribution in [0.2, 0.25) is 5.02 Å². The minimum Gasteiger partial charge on any atom is -0.255 e. The fraction of sp³-hybridized carbons (Fsp3) is 0.250. The summed E-state index contributed by atoms with van der Waals surface area (Å²) in [6.07, 6.45) is 1.93. The smallest absolute Gasteiger partial charge is 0.255 e. The van der Waals surface area contributed by atoms with Gasteiger partial charge in [0.1, 0.15) is 0 Å². The molecule has 2 aromatic rings. The summed E-state index contributed by atoms with van der Waals surface area (Å²) in [5, 5.41) is 0.791. The van der Waals surface area contributed by atoms with Crippen LogP contribution in [0.3, 0.4) is 0 Å². The second-order valence-corrected chi connectivity index (χ2v) is 8.20. The van der Waals surface area contributed by atoms with Gasteiger partial charge in [0.25, 0.3) is 10.0 Å². The molecule has 0 fully saturated rings. The van der Waals surface area contributed by atoms with Crippen LogP contribution in [0.25, 0.3) is 0 Å². The van der Waals surface area contributed by atoms with Crippen LogP contribution in [0.4, 0.5) is 5.13 Å².